The van der Waals surface area contributed by atoms with Gasteiger partial charge < -0.3 is 9.47 Å². The fourth-order valence-electron chi connectivity index (χ4n) is 4.07. The zero-order valence-corrected chi connectivity index (χ0v) is 18.7. The molecule has 0 atom stereocenters. The van der Waals surface area contributed by atoms with Crippen molar-refractivity contribution in [3.8, 4) is 6.07 Å². The highest BCUT2D eigenvalue weighted by Crippen LogP contribution is 2.32. The Balaban J connectivity index is 1.58. The van der Waals surface area contributed by atoms with E-state index in [1.807, 2.05) is 0 Å². The summed E-state index contributed by atoms with van der Waals surface area (Å²) in [5, 5.41) is 12.1. The lowest BCUT2D eigenvalue weighted by Crippen LogP contribution is -2.40. The van der Waals surface area contributed by atoms with E-state index in [1.165, 1.54) is 16.0 Å². The minimum atomic E-state index is -0.525. The number of nitriles is 1. The van der Waals surface area contributed by atoms with Gasteiger partial charge in [-0.25, -0.2) is 19.6 Å². The Kier molecular flexibility index (Phi) is 6.98. The molecule has 11 heteroatoms. The van der Waals surface area contributed by atoms with E-state index in [1.54, 1.807) is 19.2 Å². The molecule has 0 saturated carbocycles. The summed E-state index contributed by atoms with van der Waals surface area (Å²) in [7, 11) is 1.61. The molecule has 4 heterocycles. The number of fused-ring (bicyclic) bond motifs is 1. The van der Waals surface area contributed by atoms with Gasteiger partial charge in [0.25, 0.3) is 0 Å². The van der Waals surface area contributed by atoms with Gasteiger partial charge in [0.15, 0.2) is 6.29 Å². The summed E-state index contributed by atoms with van der Waals surface area (Å²) in [4.78, 5) is 48.3. The van der Waals surface area contributed by atoms with Crippen LogP contribution >= 0.6 is 0 Å². The van der Waals surface area contributed by atoms with Gasteiger partial charge in [-0.15, -0.1) is 0 Å². The number of nitrogens with one attached hydrogen (secondary N) is 1. The summed E-state index contributed by atoms with van der Waals surface area (Å²) in [6, 6.07) is 5.08. The minimum absolute atomic E-state index is 0.0641. The molecule has 0 radical (unpaired) electrons. The van der Waals surface area contributed by atoms with Gasteiger partial charge in [0, 0.05) is 26.5 Å². The molecule has 176 valence electrons. The van der Waals surface area contributed by atoms with E-state index in [-0.39, 0.29) is 12.3 Å². The Hall–Kier alpha value is -4.04. The van der Waals surface area contributed by atoms with Gasteiger partial charge in [-0.3, -0.25) is 19.9 Å². The fraction of sp³-hybridized carbons (Fsp3) is 0.391. The standard InChI is InChI=1S/C23H24N6O5/c1-33-8-3-5-15-11-20(25-13-17(15)12-24)27-22(31)29-6-2-4-16-10-19(18(14-30)26-21(16)29)28-7-9-34-23(28)32/h10-11,13-14H,2-9H2,1H3,(H,25,27,31). The fourth-order valence-corrected chi connectivity index (χ4v) is 4.07. The van der Waals surface area contributed by atoms with Crippen LogP contribution in [0.4, 0.5) is 26.9 Å². The Morgan fingerprint density at radius 1 is 1.38 bits per heavy atom. The zero-order chi connectivity index (χ0) is 24.1. The SMILES string of the molecule is COCCCc1cc(NC(=O)N2CCCc3cc(N4CCOC4=O)c(C=O)nc32)ncc1C#N. The van der Waals surface area contributed by atoms with Gasteiger partial charge in [0.2, 0.25) is 0 Å². The third-order valence-electron chi connectivity index (χ3n) is 5.72. The number of anilines is 3. The number of cyclic esters (lactones) is 1. The van der Waals surface area contributed by atoms with Gasteiger partial charge in [0.1, 0.15) is 30.0 Å². The molecule has 0 bridgehead atoms. The number of pyridine rings is 2. The van der Waals surface area contributed by atoms with Crippen LogP contribution in [0.25, 0.3) is 0 Å². The van der Waals surface area contributed by atoms with E-state index in [9.17, 15) is 19.6 Å². The molecule has 0 aromatic carbocycles. The quantitative estimate of drug-likeness (QED) is 0.488. The molecule has 0 spiro atoms. The maximum atomic E-state index is 13.1. The molecule has 0 aliphatic carbocycles. The summed E-state index contributed by atoms with van der Waals surface area (Å²) >= 11 is 0. The highest BCUT2D eigenvalue weighted by molar-refractivity contribution is 6.02. The van der Waals surface area contributed by atoms with Crippen molar-refractivity contribution in [3.05, 3.63) is 40.7 Å². The lowest BCUT2D eigenvalue weighted by atomic mass is 10.0. The number of aromatic nitrogens is 2. The third kappa shape index (κ3) is 4.67. The number of aldehydes is 1. The number of amides is 3. The largest absolute Gasteiger partial charge is 0.447 e. The van der Waals surface area contributed by atoms with Crippen molar-refractivity contribution in [2.75, 3.05) is 48.5 Å². The van der Waals surface area contributed by atoms with Crippen molar-refractivity contribution in [1.29, 1.82) is 5.26 Å². The van der Waals surface area contributed by atoms with Crippen LogP contribution in [0.3, 0.4) is 0 Å². The monoisotopic (exact) mass is 464 g/mol. The average molecular weight is 464 g/mol. The number of ether oxygens (including phenoxy) is 2. The van der Waals surface area contributed by atoms with Crippen LogP contribution in [0, 0.1) is 11.3 Å². The number of hydrogen-bond donors (Lipinski definition) is 1. The van der Waals surface area contributed by atoms with E-state index < -0.39 is 12.1 Å². The molecule has 11 nitrogen and oxygen atoms in total. The van der Waals surface area contributed by atoms with E-state index in [0.29, 0.717) is 68.1 Å². The average Bonchev–Trinajstić information content (AvgIpc) is 3.28. The summed E-state index contributed by atoms with van der Waals surface area (Å²) in [6.45, 7) is 1.54. The number of carbonyl (C=O) groups is 3. The maximum Gasteiger partial charge on any atom is 0.414 e. The van der Waals surface area contributed by atoms with Crippen molar-refractivity contribution < 1.29 is 23.9 Å². The lowest BCUT2D eigenvalue weighted by Gasteiger charge is -2.29. The predicted octanol–water partition coefficient (Wildman–Crippen LogP) is 2.68. The Morgan fingerprint density at radius 2 is 2.24 bits per heavy atom. The molecule has 1 N–H and O–H groups in total. The van der Waals surface area contributed by atoms with E-state index in [0.717, 1.165) is 17.5 Å². The molecule has 2 aliphatic rings. The smallest absolute Gasteiger partial charge is 0.414 e. The number of carbonyl (C=O) groups excluding carboxylic acids is 3. The Bertz CT molecular complexity index is 1160. The van der Waals surface area contributed by atoms with Gasteiger partial charge >= 0.3 is 12.1 Å². The third-order valence-corrected chi connectivity index (χ3v) is 5.72. The summed E-state index contributed by atoms with van der Waals surface area (Å²) < 4.78 is 10.1. The van der Waals surface area contributed by atoms with E-state index in [2.05, 4.69) is 21.4 Å². The number of nitrogens with zero attached hydrogens (tertiary/aromatic N) is 5. The number of rotatable bonds is 7. The summed E-state index contributed by atoms with van der Waals surface area (Å²) in [5.41, 5.74) is 2.42. The second-order valence-corrected chi connectivity index (χ2v) is 7.88. The van der Waals surface area contributed by atoms with Crippen molar-refractivity contribution in [2.45, 2.75) is 25.7 Å². The van der Waals surface area contributed by atoms with Crippen LogP contribution in [0.15, 0.2) is 18.3 Å². The topological polar surface area (TPSA) is 138 Å². The van der Waals surface area contributed by atoms with Crippen LogP contribution < -0.4 is 15.1 Å². The van der Waals surface area contributed by atoms with Crippen LogP contribution in [-0.4, -0.2) is 61.8 Å². The lowest BCUT2D eigenvalue weighted by molar-refractivity contribution is 0.111. The molecule has 3 amide bonds. The van der Waals surface area contributed by atoms with Crippen molar-refractivity contribution in [1.82, 2.24) is 9.97 Å². The maximum absolute atomic E-state index is 13.1. The summed E-state index contributed by atoms with van der Waals surface area (Å²) in [6.07, 6.45) is 4.17. The number of urea groups is 1. The highest BCUT2D eigenvalue weighted by atomic mass is 16.6. The molecule has 2 aliphatic heterocycles. The number of hydrogen-bond acceptors (Lipinski definition) is 8. The molecular formula is C23H24N6O5. The molecule has 2 aromatic rings. The highest BCUT2D eigenvalue weighted by Gasteiger charge is 2.31. The van der Waals surface area contributed by atoms with E-state index >= 15 is 0 Å². The first-order chi connectivity index (χ1) is 16.5. The number of methoxy groups -OCH3 is 1. The normalized spacial score (nSPS) is 14.9. The number of aryl methyl sites for hydroxylation is 2. The van der Waals surface area contributed by atoms with Crippen LogP contribution in [0.1, 0.15) is 40.0 Å². The molecular weight excluding hydrogens is 440 g/mol. The molecule has 2 aromatic heterocycles. The van der Waals surface area contributed by atoms with Gasteiger partial charge in [-0.05, 0) is 48.9 Å². The first-order valence-electron chi connectivity index (χ1n) is 11.0. The van der Waals surface area contributed by atoms with Crippen molar-refractivity contribution >= 4 is 35.7 Å². The predicted molar refractivity (Wildman–Crippen MR) is 122 cm³/mol. The van der Waals surface area contributed by atoms with Crippen LogP contribution in [0.2, 0.25) is 0 Å². The van der Waals surface area contributed by atoms with Gasteiger partial charge in [0.05, 0.1) is 17.8 Å². The van der Waals surface area contributed by atoms with Gasteiger partial charge in [-0.2, -0.15) is 5.26 Å². The molecule has 4 rings (SSSR count). The second-order valence-electron chi connectivity index (χ2n) is 7.88. The first-order valence-corrected chi connectivity index (χ1v) is 11.0. The molecule has 1 saturated heterocycles. The first kappa shape index (κ1) is 23.1. The van der Waals surface area contributed by atoms with Crippen LogP contribution in [0.5, 0.6) is 0 Å². The van der Waals surface area contributed by atoms with Gasteiger partial charge in [-0.1, -0.05) is 0 Å². The Morgan fingerprint density at radius 3 is 2.94 bits per heavy atom. The zero-order valence-electron chi connectivity index (χ0n) is 18.7. The molecule has 1 fully saturated rings. The second kappa shape index (κ2) is 10.3. The minimum Gasteiger partial charge on any atom is -0.447 e. The van der Waals surface area contributed by atoms with Crippen molar-refractivity contribution in [2.24, 2.45) is 0 Å². The molecule has 0 unspecified atom stereocenters. The van der Waals surface area contributed by atoms with Crippen LogP contribution in [-0.2, 0) is 22.3 Å². The Labute approximate surface area is 196 Å². The summed E-state index contributed by atoms with van der Waals surface area (Å²) in [5.74, 6) is 0.687. The van der Waals surface area contributed by atoms with Crippen molar-refractivity contribution in [3.63, 3.8) is 0 Å². The van der Waals surface area contributed by atoms with E-state index in [4.69, 9.17) is 9.47 Å². The molecule has 34 heavy (non-hydrogen) atoms.